The smallest absolute Gasteiger partial charge is 0.142 e. The second-order valence-corrected chi connectivity index (χ2v) is 5.39. The molecule has 0 radical (unpaired) electrons. The Morgan fingerprint density at radius 3 is 2.59 bits per heavy atom. The van der Waals surface area contributed by atoms with Crippen molar-refractivity contribution < 1.29 is 4.39 Å². The van der Waals surface area contributed by atoms with Crippen molar-refractivity contribution >= 4 is 17.4 Å². The molecule has 0 fully saturated rings. The van der Waals surface area contributed by atoms with Gasteiger partial charge in [0.25, 0.3) is 0 Å². The van der Waals surface area contributed by atoms with Crippen molar-refractivity contribution in [3.8, 4) is 17.2 Å². The molecule has 0 bridgehead atoms. The van der Waals surface area contributed by atoms with E-state index >= 15 is 0 Å². The minimum atomic E-state index is -0.466. The fourth-order valence-electron chi connectivity index (χ4n) is 2.64. The minimum absolute atomic E-state index is 0.123. The Morgan fingerprint density at radius 1 is 1.32 bits per heavy atom. The molecule has 2 rings (SSSR count). The minimum Gasteiger partial charge on any atom is -0.383 e. The number of anilines is 1. The van der Waals surface area contributed by atoms with Crippen molar-refractivity contribution in [1.29, 1.82) is 5.26 Å². The molecule has 114 valence electrons. The van der Waals surface area contributed by atoms with E-state index in [0.29, 0.717) is 12.0 Å². The van der Waals surface area contributed by atoms with E-state index in [-0.39, 0.29) is 22.0 Å². The van der Waals surface area contributed by atoms with Crippen LogP contribution in [0.4, 0.5) is 10.2 Å². The number of nitrogens with two attached hydrogens (primary N) is 1. The highest BCUT2D eigenvalue weighted by Crippen LogP contribution is 2.38. The number of benzene rings is 1. The number of aryl methyl sites for hydroxylation is 1. The zero-order valence-electron chi connectivity index (χ0n) is 12.6. The molecular formula is C17H17ClFN3. The van der Waals surface area contributed by atoms with Gasteiger partial charge in [-0.1, -0.05) is 37.9 Å². The van der Waals surface area contributed by atoms with Gasteiger partial charge in [-0.25, -0.2) is 9.37 Å². The Balaban J connectivity index is 2.92. The molecule has 0 aliphatic rings. The number of pyridine rings is 1. The third-order valence-electron chi connectivity index (χ3n) is 3.58. The van der Waals surface area contributed by atoms with Gasteiger partial charge < -0.3 is 5.73 Å². The molecule has 3 nitrogen and oxygen atoms in total. The van der Waals surface area contributed by atoms with Gasteiger partial charge in [0, 0.05) is 16.8 Å². The molecule has 0 aliphatic carbocycles. The van der Waals surface area contributed by atoms with Gasteiger partial charge in [-0.15, -0.1) is 0 Å². The molecular weight excluding hydrogens is 301 g/mol. The van der Waals surface area contributed by atoms with Gasteiger partial charge >= 0.3 is 0 Å². The molecule has 22 heavy (non-hydrogen) atoms. The van der Waals surface area contributed by atoms with Crippen molar-refractivity contribution in [3.63, 3.8) is 0 Å². The molecule has 2 N–H and O–H groups in total. The lowest BCUT2D eigenvalue weighted by Crippen LogP contribution is -2.08. The van der Waals surface area contributed by atoms with Gasteiger partial charge in [0.1, 0.15) is 23.3 Å². The van der Waals surface area contributed by atoms with E-state index in [9.17, 15) is 9.65 Å². The maximum atomic E-state index is 14.4. The van der Waals surface area contributed by atoms with Crippen LogP contribution in [0, 0.1) is 17.1 Å². The summed E-state index contributed by atoms with van der Waals surface area (Å²) in [5.41, 5.74) is 8.45. The molecule has 5 heteroatoms. The third-order valence-corrected chi connectivity index (χ3v) is 3.89. The molecule has 0 saturated carbocycles. The van der Waals surface area contributed by atoms with Crippen LogP contribution in [0.1, 0.15) is 37.1 Å². The third kappa shape index (κ3) is 2.77. The first-order chi connectivity index (χ1) is 10.5. The van der Waals surface area contributed by atoms with Crippen LogP contribution in [0.3, 0.4) is 0 Å². The van der Waals surface area contributed by atoms with Gasteiger partial charge in [0.15, 0.2) is 0 Å². The summed E-state index contributed by atoms with van der Waals surface area (Å²) in [5.74, 6) is -0.343. The zero-order valence-corrected chi connectivity index (χ0v) is 13.3. The van der Waals surface area contributed by atoms with Crippen LogP contribution < -0.4 is 5.73 Å². The van der Waals surface area contributed by atoms with Crippen LogP contribution in [0.15, 0.2) is 18.2 Å². The summed E-state index contributed by atoms with van der Waals surface area (Å²) >= 11 is 6.19. The lowest BCUT2D eigenvalue weighted by atomic mass is 9.91. The molecule has 2 aromatic rings. The van der Waals surface area contributed by atoms with Crippen LogP contribution in [0.5, 0.6) is 0 Å². The Labute approximate surface area is 134 Å². The van der Waals surface area contributed by atoms with Crippen LogP contribution in [0.2, 0.25) is 5.02 Å². The van der Waals surface area contributed by atoms with E-state index in [1.807, 2.05) is 19.9 Å². The monoisotopic (exact) mass is 317 g/mol. The van der Waals surface area contributed by atoms with E-state index in [1.54, 1.807) is 6.07 Å². The molecule has 0 aliphatic heterocycles. The van der Waals surface area contributed by atoms with E-state index in [2.05, 4.69) is 4.98 Å². The van der Waals surface area contributed by atoms with Crippen molar-refractivity contribution in [2.75, 3.05) is 5.73 Å². The topological polar surface area (TPSA) is 62.7 Å². The van der Waals surface area contributed by atoms with Gasteiger partial charge in [0.05, 0.1) is 5.02 Å². The first kappa shape index (κ1) is 16.3. The fraction of sp³-hybridized carbons (Fsp3) is 0.294. The maximum absolute atomic E-state index is 14.4. The Bertz CT molecular complexity index is 730. The SMILES string of the molecule is CCCc1nc(N)c(C#N)c(-c2c(F)cccc2Cl)c1CC. The van der Waals surface area contributed by atoms with Gasteiger partial charge in [-0.05, 0) is 30.5 Å². The second kappa shape index (κ2) is 6.76. The van der Waals surface area contributed by atoms with Gasteiger partial charge in [-0.3, -0.25) is 0 Å². The van der Waals surface area contributed by atoms with Crippen LogP contribution in [-0.4, -0.2) is 4.98 Å². The van der Waals surface area contributed by atoms with Crippen LogP contribution in [0.25, 0.3) is 11.1 Å². The van der Waals surface area contributed by atoms with E-state index in [1.165, 1.54) is 12.1 Å². The second-order valence-electron chi connectivity index (χ2n) is 4.98. The molecule has 0 amide bonds. The summed E-state index contributed by atoms with van der Waals surface area (Å²) in [6, 6.07) is 6.53. The lowest BCUT2D eigenvalue weighted by molar-refractivity contribution is 0.631. The van der Waals surface area contributed by atoms with Crippen LogP contribution >= 0.6 is 11.6 Å². The number of rotatable bonds is 4. The highest BCUT2D eigenvalue weighted by atomic mass is 35.5. The first-order valence-electron chi connectivity index (χ1n) is 7.20. The predicted octanol–water partition coefficient (Wildman–Crippen LogP) is 4.51. The Hall–Kier alpha value is -2.12. The predicted molar refractivity (Wildman–Crippen MR) is 87.1 cm³/mol. The number of nitrogen functional groups attached to an aromatic ring is 1. The zero-order chi connectivity index (χ0) is 16.3. The number of hydrogen-bond donors (Lipinski definition) is 1. The molecule has 0 spiro atoms. The highest BCUT2D eigenvalue weighted by Gasteiger charge is 2.22. The van der Waals surface area contributed by atoms with Crippen molar-refractivity contribution in [2.45, 2.75) is 33.1 Å². The van der Waals surface area contributed by atoms with Crippen LogP contribution in [-0.2, 0) is 12.8 Å². The van der Waals surface area contributed by atoms with E-state index < -0.39 is 5.82 Å². The number of halogens is 2. The fourth-order valence-corrected chi connectivity index (χ4v) is 2.90. The standard InChI is InChI=1S/C17H17ClFN3/c1-3-6-14-10(4-2)15(11(9-20)17(21)22-14)16-12(18)7-5-8-13(16)19/h5,7-8H,3-4,6H2,1-2H3,(H2,21,22). The largest absolute Gasteiger partial charge is 0.383 e. The maximum Gasteiger partial charge on any atom is 0.142 e. The van der Waals surface area contributed by atoms with Crippen molar-refractivity contribution in [1.82, 2.24) is 4.98 Å². The number of nitrogens with zero attached hydrogens (tertiary/aromatic N) is 2. The Kier molecular flexibility index (Phi) is 4.99. The van der Waals surface area contributed by atoms with Crippen molar-refractivity contribution in [3.05, 3.63) is 45.9 Å². The normalized spacial score (nSPS) is 10.5. The summed E-state index contributed by atoms with van der Waals surface area (Å²) in [4.78, 5) is 4.34. The lowest BCUT2D eigenvalue weighted by Gasteiger charge is -2.17. The molecule has 1 heterocycles. The number of hydrogen-bond acceptors (Lipinski definition) is 3. The summed E-state index contributed by atoms with van der Waals surface area (Å²) in [5, 5.41) is 9.71. The Morgan fingerprint density at radius 2 is 2.05 bits per heavy atom. The quantitative estimate of drug-likeness (QED) is 0.902. The van der Waals surface area contributed by atoms with Crippen molar-refractivity contribution in [2.24, 2.45) is 0 Å². The van der Waals surface area contributed by atoms with E-state index in [0.717, 1.165) is 24.1 Å². The average Bonchev–Trinajstić information content (AvgIpc) is 2.47. The first-order valence-corrected chi connectivity index (χ1v) is 7.58. The summed E-state index contributed by atoms with van der Waals surface area (Å²) < 4.78 is 14.4. The molecule has 1 aromatic heterocycles. The highest BCUT2D eigenvalue weighted by molar-refractivity contribution is 6.33. The molecule has 0 atom stereocenters. The summed E-state index contributed by atoms with van der Waals surface area (Å²) in [7, 11) is 0. The van der Waals surface area contributed by atoms with E-state index in [4.69, 9.17) is 17.3 Å². The molecule has 1 aromatic carbocycles. The molecule has 0 saturated heterocycles. The molecule has 0 unspecified atom stereocenters. The van der Waals surface area contributed by atoms with Gasteiger partial charge in [-0.2, -0.15) is 5.26 Å². The number of aromatic nitrogens is 1. The average molecular weight is 318 g/mol. The summed E-state index contributed by atoms with van der Waals surface area (Å²) in [6.45, 7) is 3.98. The van der Waals surface area contributed by atoms with Gasteiger partial charge in [0.2, 0.25) is 0 Å². The summed E-state index contributed by atoms with van der Waals surface area (Å²) in [6.07, 6.45) is 2.23. The number of nitriles is 1.